The van der Waals surface area contributed by atoms with E-state index in [1.54, 1.807) is 42.1 Å². The minimum atomic E-state index is -0.140. The van der Waals surface area contributed by atoms with Gasteiger partial charge in [0.1, 0.15) is 0 Å². The van der Waals surface area contributed by atoms with Crippen molar-refractivity contribution in [3.63, 3.8) is 0 Å². The number of carbonyl (C=O) groups is 1. The van der Waals surface area contributed by atoms with Crippen molar-refractivity contribution in [2.45, 2.75) is 6.92 Å². The highest BCUT2D eigenvalue weighted by Crippen LogP contribution is 2.11. The van der Waals surface area contributed by atoms with Gasteiger partial charge in [-0.1, -0.05) is 12.1 Å². The maximum absolute atomic E-state index is 12.0. The molecule has 0 spiro atoms. The van der Waals surface area contributed by atoms with Crippen LogP contribution in [0.1, 0.15) is 16.1 Å². The Kier molecular flexibility index (Phi) is 3.16. The second-order valence-corrected chi connectivity index (χ2v) is 4.18. The Morgan fingerprint density at radius 1 is 1.39 bits per heavy atom. The van der Waals surface area contributed by atoms with Gasteiger partial charge >= 0.3 is 5.69 Å². The Morgan fingerprint density at radius 2 is 2.11 bits per heavy atom. The normalized spacial score (nSPS) is 10.6. The number of rotatable bonds is 3. The first-order chi connectivity index (χ1) is 8.54. The van der Waals surface area contributed by atoms with E-state index in [-0.39, 0.29) is 18.0 Å². The average Bonchev–Trinajstić information content (AvgIpc) is 2.62. The number of hydrogen-bond acceptors (Lipinski definition) is 3. The molecule has 0 atom stereocenters. The molecule has 2 N–H and O–H groups in total. The molecule has 0 amide bonds. The Morgan fingerprint density at radius 3 is 2.67 bits per heavy atom. The number of aromatic nitrogens is 2. The minimum absolute atomic E-state index is 0.0356. The van der Waals surface area contributed by atoms with Gasteiger partial charge in [0.2, 0.25) is 0 Å². The highest BCUT2D eigenvalue weighted by atomic mass is 16.1. The van der Waals surface area contributed by atoms with E-state index in [1.165, 1.54) is 4.57 Å². The fourth-order valence-electron chi connectivity index (χ4n) is 1.95. The molecule has 18 heavy (non-hydrogen) atoms. The zero-order valence-electron chi connectivity index (χ0n) is 10.4. The summed E-state index contributed by atoms with van der Waals surface area (Å²) < 4.78 is 3.07. The summed E-state index contributed by atoms with van der Waals surface area (Å²) in [4.78, 5) is 23.5. The number of ketones is 1. The summed E-state index contributed by atoms with van der Waals surface area (Å²) in [6.45, 7) is 1.81. The van der Waals surface area contributed by atoms with Crippen LogP contribution in [0.15, 0.2) is 35.3 Å². The fraction of sp³-hybridized carbons (Fsp3) is 0.231. The standard InChI is InChI=1S/C13H15N3O2/c1-9-8-15(2)13(18)16(9)11-5-3-4-10(6-11)12(17)7-14/h3-6,8H,7,14H2,1-2H3. The lowest BCUT2D eigenvalue weighted by atomic mass is 10.1. The van der Waals surface area contributed by atoms with E-state index in [0.717, 1.165) is 5.69 Å². The maximum Gasteiger partial charge on any atom is 0.332 e. The first-order valence-electron chi connectivity index (χ1n) is 5.63. The number of nitrogens with zero attached hydrogens (tertiary/aromatic N) is 2. The number of imidazole rings is 1. The van der Waals surface area contributed by atoms with Gasteiger partial charge in [-0.05, 0) is 19.1 Å². The van der Waals surface area contributed by atoms with Crippen LogP contribution < -0.4 is 11.4 Å². The summed E-state index contributed by atoms with van der Waals surface area (Å²) in [6, 6.07) is 6.92. The molecular formula is C13H15N3O2. The molecule has 0 aliphatic heterocycles. The summed E-state index contributed by atoms with van der Waals surface area (Å²) in [6.07, 6.45) is 1.75. The van der Waals surface area contributed by atoms with Crippen molar-refractivity contribution in [2.24, 2.45) is 12.8 Å². The molecule has 0 aliphatic carbocycles. The smallest absolute Gasteiger partial charge is 0.324 e. The van der Waals surface area contributed by atoms with Crippen molar-refractivity contribution in [1.29, 1.82) is 0 Å². The SMILES string of the molecule is Cc1cn(C)c(=O)n1-c1cccc(C(=O)CN)c1. The fourth-order valence-corrected chi connectivity index (χ4v) is 1.95. The highest BCUT2D eigenvalue weighted by Gasteiger charge is 2.10. The molecule has 5 nitrogen and oxygen atoms in total. The van der Waals surface area contributed by atoms with Crippen LogP contribution in [0.25, 0.3) is 5.69 Å². The van der Waals surface area contributed by atoms with Gasteiger partial charge in [-0.15, -0.1) is 0 Å². The second-order valence-electron chi connectivity index (χ2n) is 4.18. The lowest BCUT2D eigenvalue weighted by molar-refractivity contribution is 0.100. The molecule has 2 rings (SSSR count). The molecule has 2 aromatic rings. The molecule has 0 saturated carbocycles. The predicted molar refractivity (Wildman–Crippen MR) is 69.1 cm³/mol. The highest BCUT2D eigenvalue weighted by molar-refractivity contribution is 5.97. The van der Waals surface area contributed by atoms with Gasteiger partial charge in [-0.3, -0.25) is 9.36 Å². The molecule has 1 heterocycles. The van der Waals surface area contributed by atoms with Crippen LogP contribution in [-0.4, -0.2) is 21.5 Å². The van der Waals surface area contributed by atoms with Crippen LogP contribution in [0, 0.1) is 6.92 Å². The van der Waals surface area contributed by atoms with Gasteiger partial charge in [0, 0.05) is 24.5 Å². The molecule has 94 valence electrons. The van der Waals surface area contributed by atoms with Crippen LogP contribution in [-0.2, 0) is 7.05 Å². The van der Waals surface area contributed by atoms with Crippen molar-refractivity contribution in [3.05, 3.63) is 52.2 Å². The first kappa shape index (κ1) is 12.3. The zero-order valence-corrected chi connectivity index (χ0v) is 10.4. The number of benzene rings is 1. The molecule has 1 aromatic carbocycles. The number of carbonyl (C=O) groups excluding carboxylic acids is 1. The molecule has 0 fully saturated rings. The van der Waals surface area contributed by atoms with Crippen LogP contribution in [0.4, 0.5) is 0 Å². The van der Waals surface area contributed by atoms with Crippen molar-refractivity contribution in [1.82, 2.24) is 9.13 Å². The molecule has 0 bridgehead atoms. The Hall–Kier alpha value is -2.14. The van der Waals surface area contributed by atoms with Crippen molar-refractivity contribution < 1.29 is 4.79 Å². The maximum atomic E-state index is 12.0. The molecule has 0 unspecified atom stereocenters. The number of aryl methyl sites for hydroxylation is 2. The largest absolute Gasteiger partial charge is 0.332 e. The van der Waals surface area contributed by atoms with Gasteiger partial charge in [-0.25, -0.2) is 4.79 Å². The third-order valence-electron chi connectivity index (χ3n) is 2.84. The van der Waals surface area contributed by atoms with Crippen molar-refractivity contribution in [2.75, 3.05) is 6.54 Å². The molecule has 1 aromatic heterocycles. The molecule has 0 saturated heterocycles. The molecular weight excluding hydrogens is 230 g/mol. The van der Waals surface area contributed by atoms with E-state index >= 15 is 0 Å². The Bertz CT molecular complexity index is 652. The molecule has 5 heteroatoms. The van der Waals surface area contributed by atoms with E-state index in [1.807, 2.05) is 6.92 Å². The minimum Gasteiger partial charge on any atom is -0.324 e. The Balaban J connectivity index is 2.58. The van der Waals surface area contributed by atoms with Gasteiger partial charge in [-0.2, -0.15) is 0 Å². The van der Waals surface area contributed by atoms with Crippen molar-refractivity contribution >= 4 is 5.78 Å². The van der Waals surface area contributed by atoms with Crippen molar-refractivity contribution in [3.8, 4) is 5.69 Å². The van der Waals surface area contributed by atoms with E-state index in [2.05, 4.69) is 0 Å². The predicted octanol–water partition coefficient (Wildman–Crippen LogP) is 0.626. The number of Topliss-reactive ketones (excluding diaryl/α,β-unsaturated/α-hetero) is 1. The zero-order chi connectivity index (χ0) is 13.3. The van der Waals surface area contributed by atoms with E-state index in [9.17, 15) is 9.59 Å². The molecule has 0 radical (unpaired) electrons. The van der Waals surface area contributed by atoms with Gasteiger partial charge in [0.15, 0.2) is 5.78 Å². The summed E-state index contributed by atoms with van der Waals surface area (Å²) in [7, 11) is 1.70. The molecule has 0 aliphatic rings. The summed E-state index contributed by atoms with van der Waals surface area (Å²) >= 11 is 0. The van der Waals surface area contributed by atoms with E-state index in [4.69, 9.17) is 5.73 Å². The first-order valence-corrected chi connectivity index (χ1v) is 5.63. The topological polar surface area (TPSA) is 70.0 Å². The summed E-state index contributed by atoms with van der Waals surface area (Å²) in [5.41, 5.74) is 7.22. The van der Waals surface area contributed by atoms with Crippen LogP contribution in [0.3, 0.4) is 0 Å². The van der Waals surface area contributed by atoms with Crippen LogP contribution in [0.2, 0.25) is 0 Å². The van der Waals surface area contributed by atoms with Crippen LogP contribution in [0.5, 0.6) is 0 Å². The summed E-state index contributed by atoms with van der Waals surface area (Å²) in [5.74, 6) is -0.140. The van der Waals surface area contributed by atoms with Gasteiger partial charge in [0.05, 0.1) is 12.2 Å². The number of hydrogen-bond donors (Lipinski definition) is 1. The van der Waals surface area contributed by atoms with Crippen LogP contribution >= 0.6 is 0 Å². The lowest BCUT2D eigenvalue weighted by Crippen LogP contribution is -2.22. The quantitative estimate of drug-likeness (QED) is 0.806. The van der Waals surface area contributed by atoms with E-state index < -0.39 is 0 Å². The number of nitrogens with two attached hydrogens (primary N) is 1. The van der Waals surface area contributed by atoms with E-state index in [0.29, 0.717) is 11.3 Å². The van der Waals surface area contributed by atoms with Gasteiger partial charge < -0.3 is 10.3 Å². The monoisotopic (exact) mass is 245 g/mol. The summed E-state index contributed by atoms with van der Waals surface area (Å²) in [5, 5.41) is 0. The Labute approximate surface area is 104 Å². The second kappa shape index (κ2) is 4.62. The average molecular weight is 245 g/mol. The third-order valence-corrected chi connectivity index (χ3v) is 2.84. The van der Waals surface area contributed by atoms with Gasteiger partial charge in [0.25, 0.3) is 0 Å². The lowest BCUT2D eigenvalue weighted by Gasteiger charge is -2.06. The third kappa shape index (κ3) is 2.00.